The Morgan fingerprint density at radius 2 is 1.90 bits per heavy atom. The van der Waals surface area contributed by atoms with Crippen molar-refractivity contribution in [3.05, 3.63) is 35.4 Å². The number of nitrogens with zero attached hydrogens (tertiary/aromatic N) is 1. The maximum Gasteiger partial charge on any atom is 0.255 e. The molecule has 0 aliphatic carbocycles. The van der Waals surface area contributed by atoms with E-state index in [1.807, 2.05) is 0 Å². The molecule has 1 aliphatic rings. The number of hydrogen-bond donors (Lipinski definition) is 1. The average molecular weight is 295 g/mol. The van der Waals surface area contributed by atoms with Crippen molar-refractivity contribution >= 4 is 29.3 Å². The third-order valence-corrected chi connectivity index (χ3v) is 3.69. The lowest BCUT2D eigenvalue weighted by Crippen LogP contribution is -2.65. The van der Waals surface area contributed by atoms with Crippen LogP contribution in [0.1, 0.15) is 29.8 Å². The molecule has 6 heteroatoms. The highest BCUT2D eigenvalue weighted by atomic mass is 35.5. The largest absolute Gasteiger partial charge is 0.315 e. The first kappa shape index (κ1) is 14.5. The Morgan fingerprint density at radius 1 is 1.30 bits per heavy atom. The van der Waals surface area contributed by atoms with Gasteiger partial charge in [0, 0.05) is 11.4 Å². The third kappa shape index (κ3) is 2.54. The van der Waals surface area contributed by atoms with Crippen LogP contribution in [0.2, 0.25) is 0 Å². The second-order valence-corrected chi connectivity index (χ2v) is 5.43. The van der Waals surface area contributed by atoms with Crippen molar-refractivity contribution in [3.63, 3.8) is 0 Å². The van der Waals surface area contributed by atoms with E-state index in [0.29, 0.717) is 11.4 Å². The highest BCUT2D eigenvalue weighted by Gasteiger charge is 2.43. The number of piperazine rings is 1. The highest BCUT2D eigenvalue weighted by Crippen LogP contribution is 2.21. The van der Waals surface area contributed by atoms with Crippen LogP contribution in [0.25, 0.3) is 0 Å². The first-order chi connectivity index (χ1) is 9.36. The summed E-state index contributed by atoms with van der Waals surface area (Å²) in [6.45, 7) is 3.09. The highest BCUT2D eigenvalue weighted by molar-refractivity contribution is 6.17. The lowest BCUT2D eigenvalue weighted by Gasteiger charge is -2.40. The average Bonchev–Trinajstić information content (AvgIpc) is 2.42. The molecule has 0 unspecified atom stereocenters. The zero-order chi connectivity index (χ0) is 14.9. The maximum absolute atomic E-state index is 12.5. The molecule has 0 aromatic heterocycles. The standard InChI is InChI=1S/C14H15ClN2O3/c1-14(2)13(20)16-11(18)8-17(14)12(19)10-5-3-9(7-15)4-6-10/h3-6H,7-8H2,1-2H3,(H,16,18,20). The van der Waals surface area contributed by atoms with E-state index < -0.39 is 17.4 Å². The Balaban J connectivity index is 2.30. The van der Waals surface area contributed by atoms with Gasteiger partial charge >= 0.3 is 0 Å². The van der Waals surface area contributed by atoms with E-state index in [0.717, 1.165) is 5.56 Å². The zero-order valence-corrected chi connectivity index (χ0v) is 12.0. The third-order valence-electron chi connectivity index (χ3n) is 3.39. The van der Waals surface area contributed by atoms with Gasteiger partial charge in [0.15, 0.2) is 0 Å². The van der Waals surface area contributed by atoms with Crippen LogP contribution in [0, 0.1) is 0 Å². The summed E-state index contributed by atoms with van der Waals surface area (Å²) in [5.74, 6) is -0.927. The SMILES string of the molecule is CC1(C)C(=O)NC(=O)CN1C(=O)c1ccc(CCl)cc1. The number of carbonyl (C=O) groups excluding carboxylic acids is 3. The minimum absolute atomic E-state index is 0.130. The molecule has 2 rings (SSSR count). The summed E-state index contributed by atoms with van der Waals surface area (Å²) < 4.78 is 0. The van der Waals surface area contributed by atoms with E-state index >= 15 is 0 Å². The minimum Gasteiger partial charge on any atom is -0.315 e. The molecule has 5 nitrogen and oxygen atoms in total. The van der Waals surface area contributed by atoms with Crippen molar-refractivity contribution in [3.8, 4) is 0 Å². The Morgan fingerprint density at radius 3 is 2.45 bits per heavy atom. The maximum atomic E-state index is 12.5. The molecule has 1 heterocycles. The van der Waals surface area contributed by atoms with Gasteiger partial charge in [0.2, 0.25) is 5.91 Å². The molecule has 0 radical (unpaired) electrons. The summed E-state index contributed by atoms with van der Waals surface area (Å²) in [5, 5.41) is 2.23. The van der Waals surface area contributed by atoms with Gasteiger partial charge in [0.1, 0.15) is 12.1 Å². The fourth-order valence-corrected chi connectivity index (χ4v) is 2.18. The van der Waals surface area contributed by atoms with Crippen molar-refractivity contribution in [2.75, 3.05) is 6.54 Å². The van der Waals surface area contributed by atoms with Crippen LogP contribution in [0.5, 0.6) is 0 Å². The van der Waals surface area contributed by atoms with Crippen molar-refractivity contribution in [1.82, 2.24) is 10.2 Å². The van der Waals surface area contributed by atoms with Crippen molar-refractivity contribution in [1.29, 1.82) is 0 Å². The molecular formula is C14H15ClN2O3. The van der Waals surface area contributed by atoms with Gasteiger partial charge in [-0.1, -0.05) is 12.1 Å². The van der Waals surface area contributed by atoms with Crippen molar-refractivity contribution in [2.45, 2.75) is 25.3 Å². The fourth-order valence-electron chi connectivity index (χ4n) is 2.00. The van der Waals surface area contributed by atoms with Crippen LogP contribution in [0.15, 0.2) is 24.3 Å². The molecule has 1 fully saturated rings. The van der Waals surface area contributed by atoms with Crippen LogP contribution >= 0.6 is 11.6 Å². The molecule has 0 atom stereocenters. The van der Waals surface area contributed by atoms with Gasteiger partial charge in [-0.15, -0.1) is 11.6 Å². The molecule has 1 aromatic carbocycles. The van der Waals surface area contributed by atoms with E-state index in [-0.39, 0.29) is 12.5 Å². The van der Waals surface area contributed by atoms with E-state index in [9.17, 15) is 14.4 Å². The Labute approximate surface area is 121 Å². The Bertz CT molecular complexity index is 566. The number of halogens is 1. The second-order valence-electron chi connectivity index (χ2n) is 5.16. The zero-order valence-electron chi connectivity index (χ0n) is 11.3. The number of imide groups is 1. The van der Waals surface area contributed by atoms with E-state index in [1.165, 1.54) is 4.90 Å². The van der Waals surface area contributed by atoms with Crippen molar-refractivity contribution in [2.24, 2.45) is 0 Å². The van der Waals surface area contributed by atoms with Crippen LogP contribution in [0.3, 0.4) is 0 Å². The van der Waals surface area contributed by atoms with Gasteiger partial charge < -0.3 is 4.90 Å². The number of benzene rings is 1. The molecule has 3 amide bonds. The Kier molecular flexibility index (Phi) is 3.81. The van der Waals surface area contributed by atoms with Crippen LogP contribution in [0.4, 0.5) is 0 Å². The Hall–Kier alpha value is -1.88. The van der Waals surface area contributed by atoms with Gasteiger partial charge in [-0.25, -0.2) is 0 Å². The predicted molar refractivity (Wildman–Crippen MR) is 74.3 cm³/mol. The number of alkyl halides is 1. The van der Waals surface area contributed by atoms with Gasteiger partial charge in [-0.05, 0) is 31.5 Å². The quantitative estimate of drug-likeness (QED) is 0.660. The monoisotopic (exact) mass is 294 g/mol. The molecule has 1 aromatic rings. The van der Waals surface area contributed by atoms with Crippen LogP contribution in [-0.2, 0) is 15.5 Å². The predicted octanol–water partition coefficient (Wildman–Crippen LogP) is 1.30. The summed E-state index contributed by atoms with van der Waals surface area (Å²) >= 11 is 5.70. The van der Waals surface area contributed by atoms with Crippen LogP contribution < -0.4 is 5.32 Å². The lowest BCUT2D eigenvalue weighted by molar-refractivity contribution is -0.143. The van der Waals surface area contributed by atoms with Gasteiger partial charge in [0.05, 0.1) is 0 Å². The number of hydrogen-bond acceptors (Lipinski definition) is 3. The molecular weight excluding hydrogens is 280 g/mol. The number of nitrogens with one attached hydrogen (secondary N) is 1. The van der Waals surface area contributed by atoms with E-state index in [1.54, 1.807) is 38.1 Å². The van der Waals surface area contributed by atoms with E-state index in [2.05, 4.69) is 5.32 Å². The normalized spacial score (nSPS) is 17.9. The molecule has 20 heavy (non-hydrogen) atoms. The second kappa shape index (κ2) is 5.25. The van der Waals surface area contributed by atoms with Crippen LogP contribution in [-0.4, -0.2) is 34.7 Å². The summed E-state index contributed by atoms with van der Waals surface area (Å²) in [5.41, 5.74) is 0.264. The molecule has 1 N–H and O–H groups in total. The fraction of sp³-hybridized carbons (Fsp3) is 0.357. The molecule has 1 aliphatic heterocycles. The van der Waals surface area contributed by atoms with Crippen molar-refractivity contribution < 1.29 is 14.4 Å². The summed E-state index contributed by atoms with van der Waals surface area (Å²) in [6, 6.07) is 6.79. The van der Waals surface area contributed by atoms with Gasteiger partial charge in [-0.2, -0.15) is 0 Å². The summed E-state index contributed by atoms with van der Waals surface area (Å²) in [7, 11) is 0. The molecule has 0 bridgehead atoms. The van der Waals surface area contributed by atoms with Gasteiger partial charge in [0.25, 0.3) is 11.8 Å². The lowest BCUT2D eigenvalue weighted by atomic mass is 9.97. The molecule has 106 valence electrons. The first-order valence-electron chi connectivity index (χ1n) is 6.17. The number of carbonyl (C=O) groups is 3. The smallest absolute Gasteiger partial charge is 0.255 e. The molecule has 1 saturated heterocycles. The topological polar surface area (TPSA) is 66.5 Å². The number of rotatable bonds is 2. The molecule has 0 saturated carbocycles. The van der Waals surface area contributed by atoms with Gasteiger partial charge in [-0.3, -0.25) is 19.7 Å². The molecule has 0 spiro atoms. The first-order valence-corrected chi connectivity index (χ1v) is 6.71. The minimum atomic E-state index is -1.06. The summed E-state index contributed by atoms with van der Waals surface area (Å²) in [4.78, 5) is 37.0. The number of amides is 3. The summed E-state index contributed by atoms with van der Waals surface area (Å²) in [6.07, 6.45) is 0. The van der Waals surface area contributed by atoms with E-state index in [4.69, 9.17) is 11.6 Å².